The van der Waals surface area contributed by atoms with Crippen LogP contribution in [0, 0.1) is 5.92 Å². The first kappa shape index (κ1) is 14.2. The molecule has 2 heteroatoms. The summed E-state index contributed by atoms with van der Waals surface area (Å²) in [7, 11) is 1.73. The Bertz CT molecular complexity index is 298. The number of carbonyl (C=O) groups excluding carboxylic acids is 1. The molecule has 17 heavy (non-hydrogen) atoms. The molecule has 0 saturated carbocycles. The summed E-state index contributed by atoms with van der Waals surface area (Å²) in [5, 5.41) is 0. The molecule has 2 atom stereocenters. The molecule has 0 bridgehead atoms. The Kier molecular flexibility index (Phi) is 6.20. The molecule has 0 aromatic carbocycles. The third kappa shape index (κ3) is 4.47. The summed E-state index contributed by atoms with van der Waals surface area (Å²) < 4.78 is 5.31. The van der Waals surface area contributed by atoms with Crippen molar-refractivity contribution < 1.29 is 9.53 Å². The van der Waals surface area contributed by atoms with Crippen LogP contribution in [0.15, 0.2) is 23.8 Å². The van der Waals surface area contributed by atoms with Gasteiger partial charge in [0, 0.05) is 13.0 Å². The third-order valence-corrected chi connectivity index (χ3v) is 3.50. The van der Waals surface area contributed by atoms with Gasteiger partial charge in [-0.2, -0.15) is 0 Å². The van der Waals surface area contributed by atoms with Gasteiger partial charge in [0.05, 0.1) is 6.10 Å². The van der Waals surface area contributed by atoms with Crippen LogP contribution in [-0.4, -0.2) is 19.0 Å². The van der Waals surface area contributed by atoms with Crippen LogP contribution in [0.5, 0.6) is 0 Å². The Morgan fingerprint density at radius 1 is 1.53 bits per heavy atom. The molecule has 1 aliphatic carbocycles. The number of ketones is 1. The maximum absolute atomic E-state index is 12.1. The lowest BCUT2D eigenvalue weighted by molar-refractivity contribution is -0.119. The minimum atomic E-state index is 0.207. The molecule has 0 heterocycles. The summed E-state index contributed by atoms with van der Waals surface area (Å²) in [4.78, 5) is 12.1. The van der Waals surface area contributed by atoms with Crippen molar-refractivity contribution >= 4 is 5.78 Å². The van der Waals surface area contributed by atoms with Gasteiger partial charge in [-0.05, 0) is 44.6 Å². The molecule has 0 fully saturated rings. The predicted molar refractivity (Wildman–Crippen MR) is 71.0 cm³/mol. The molecule has 0 aromatic heterocycles. The van der Waals surface area contributed by atoms with E-state index in [0.717, 1.165) is 37.7 Å². The molecule has 0 saturated heterocycles. The van der Waals surface area contributed by atoms with E-state index in [1.807, 2.05) is 13.0 Å². The molecule has 1 aliphatic rings. The van der Waals surface area contributed by atoms with Gasteiger partial charge in [-0.3, -0.25) is 4.79 Å². The molecule has 0 aromatic rings. The van der Waals surface area contributed by atoms with E-state index in [9.17, 15) is 4.79 Å². The quantitative estimate of drug-likeness (QED) is 0.519. The molecule has 0 aliphatic heterocycles. The molecule has 0 spiro atoms. The molecule has 0 amide bonds. The fourth-order valence-electron chi connectivity index (χ4n) is 2.19. The molecule has 2 nitrogen and oxygen atoms in total. The number of carbonyl (C=O) groups is 1. The van der Waals surface area contributed by atoms with Gasteiger partial charge in [0.15, 0.2) is 5.78 Å². The van der Waals surface area contributed by atoms with Crippen molar-refractivity contribution in [2.45, 2.75) is 52.1 Å². The normalized spacial score (nSPS) is 22.5. The zero-order valence-corrected chi connectivity index (χ0v) is 11.2. The first-order valence-corrected chi connectivity index (χ1v) is 6.57. The smallest absolute Gasteiger partial charge is 0.161 e. The predicted octanol–water partition coefficient (Wildman–Crippen LogP) is 3.67. The van der Waals surface area contributed by atoms with Crippen molar-refractivity contribution in [3.63, 3.8) is 0 Å². The van der Waals surface area contributed by atoms with Gasteiger partial charge in [0.2, 0.25) is 0 Å². The summed E-state index contributed by atoms with van der Waals surface area (Å²) in [6.07, 6.45) is 11.4. The van der Waals surface area contributed by atoms with Gasteiger partial charge < -0.3 is 4.74 Å². The van der Waals surface area contributed by atoms with E-state index in [4.69, 9.17) is 4.74 Å². The Morgan fingerprint density at radius 3 is 2.82 bits per heavy atom. The number of hydrogen-bond acceptors (Lipinski definition) is 2. The number of Topliss-reactive ketones (excluding diaryl/α,β-unsaturated/α-hetero) is 1. The lowest BCUT2D eigenvalue weighted by Crippen LogP contribution is -2.17. The minimum Gasteiger partial charge on any atom is -0.381 e. The molecule has 0 radical (unpaired) electrons. The lowest BCUT2D eigenvalue weighted by Gasteiger charge is -2.17. The lowest BCUT2D eigenvalue weighted by atomic mass is 9.87. The van der Waals surface area contributed by atoms with E-state index in [-0.39, 0.29) is 12.0 Å². The van der Waals surface area contributed by atoms with E-state index in [2.05, 4.69) is 19.1 Å². The standard InChI is InChI=1S/C15H24O2/c1-4-14(17-3)11-10-12(2)15(16)13-8-6-5-7-9-13/h5-6,10,13-14H,4,7-9,11H2,1-3H3/b12-10+. The van der Waals surface area contributed by atoms with E-state index in [1.54, 1.807) is 7.11 Å². The molecule has 0 N–H and O–H groups in total. The monoisotopic (exact) mass is 236 g/mol. The Balaban J connectivity index is 2.50. The maximum atomic E-state index is 12.1. The van der Waals surface area contributed by atoms with Crippen LogP contribution in [-0.2, 0) is 9.53 Å². The Labute approximate surface area is 105 Å². The average Bonchev–Trinajstić information content (AvgIpc) is 2.39. The van der Waals surface area contributed by atoms with Gasteiger partial charge in [0.25, 0.3) is 0 Å². The van der Waals surface area contributed by atoms with Crippen molar-refractivity contribution in [1.82, 2.24) is 0 Å². The number of allylic oxidation sites excluding steroid dienone is 3. The number of methoxy groups -OCH3 is 1. The van der Waals surface area contributed by atoms with Gasteiger partial charge >= 0.3 is 0 Å². The van der Waals surface area contributed by atoms with Crippen LogP contribution >= 0.6 is 0 Å². The number of ether oxygens (including phenoxy) is 1. The molecule has 96 valence electrons. The fourth-order valence-corrected chi connectivity index (χ4v) is 2.19. The first-order chi connectivity index (χ1) is 8.19. The van der Waals surface area contributed by atoms with Gasteiger partial charge in [-0.25, -0.2) is 0 Å². The second-order valence-corrected chi connectivity index (χ2v) is 4.73. The summed E-state index contributed by atoms with van der Waals surface area (Å²) in [5.74, 6) is 0.527. The van der Waals surface area contributed by atoms with Crippen molar-refractivity contribution in [3.05, 3.63) is 23.8 Å². The maximum Gasteiger partial charge on any atom is 0.161 e. The van der Waals surface area contributed by atoms with Gasteiger partial charge in [-0.1, -0.05) is 25.2 Å². The SMILES string of the molecule is CCC(C/C=C(\C)C(=O)C1CC=CCC1)OC. The van der Waals surface area contributed by atoms with Gasteiger partial charge in [-0.15, -0.1) is 0 Å². The summed E-state index contributed by atoms with van der Waals surface area (Å²) in [6, 6.07) is 0. The topological polar surface area (TPSA) is 26.3 Å². The van der Waals surface area contributed by atoms with Crippen LogP contribution in [0.1, 0.15) is 46.0 Å². The molecule has 2 unspecified atom stereocenters. The third-order valence-electron chi connectivity index (χ3n) is 3.50. The van der Waals surface area contributed by atoms with E-state index in [1.165, 1.54) is 0 Å². The van der Waals surface area contributed by atoms with Crippen molar-refractivity contribution in [1.29, 1.82) is 0 Å². The average molecular weight is 236 g/mol. The first-order valence-electron chi connectivity index (χ1n) is 6.57. The van der Waals surface area contributed by atoms with Crippen molar-refractivity contribution in [2.24, 2.45) is 5.92 Å². The second kappa shape index (κ2) is 7.44. The van der Waals surface area contributed by atoms with Crippen molar-refractivity contribution in [2.75, 3.05) is 7.11 Å². The van der Waals surface area contributed by atoms with Gasteiger partial charge in [0.1, 0.15) is 0 Å². The zero-order chi connectivity index (χ0) is 12.7. The van der Waals surface area contributed by atoms with Crippen LogP contribution in [0.25, 0.3) is 0 Å². The van der Waals surface area contributed by atoms with Crippen LogP contribution < -0.4 is 0 Å². The number of hydrogen-bond donors (Lipinski definition) is 0. The molecule has 1 rings (SSSR count). The number of rotatable bonds is 6. The highest BCUT2D eigenvalue weighted by Crippen LogP contribution is 2.22. The molecular weight excluding hydrogens is 212 g/mol. The van der Waals surface area contributed by atoms with Crippen molar-refractivity contribution in [3.8, 4) is 0 Å². The summed E-state index contributed by atoms with van der Waals surface area (Å²) >= 11 is 0. The highest BCUT2D eigenvalue weighted by molar-refractivity contribution is 5.96. The van der Waals surface area contributed by atoms with Crippen LogP contribution in [0.3, 0.4) is 0 Å². The Morgan fingerprint density at radius 2 is 2.29 bits per heavy atom. The second-order valence-electron chi connectivity index (χ2n) is 4.73. The van der Waals surface area contributed by atoms with E-state index in [0.29, 0.717) is 5.78 Å². The molecular formula is C15H24O2. The fraction of sp³-hybridized carbons (Fsp3) is 0.667. The van der Waals surface area contributed by atoms with Crippen LogP contribution in [0.2, 0.25) is 0 Å². The highest BCUT2D eigenvalue weighted by atomic mass is 16.5. The minimum absolute atomic E-state index is 0.207. The highest BCUT2D eigenvalue weighted by Gasteiger charge is 2.19. The van der Waals surface area contributed by atoms with E-state index >= 15 is 0 Å². The zero-order valence-electron chi connectivity index (χ0n) is 11.2. The largest absolute Gasteiger partial charge is 0.381 e. The Hall–Kier alpha value is -0.890. The van der Waals surface area contributed by atoms with Crippen LogP contribution in [0.4, 0.5) is 0 Å². The summed E-state index contributed by atoms with van der Waals surface area (Å²) in [6.45, 7) is 4.04. The summed E-state index contributed by atoms with van der Waals surface area (Å²) in [5.41, 5.74) is 0.904. The van der Waals surface area contributed by atoms with E-state index < -0.39 is 0 Å².